The van der Waals surface area contributed by atoms with Crippen molar-refractivity contribution in [2.75, 3.05) is 23.9 Å². The van der Waals surface area contributed by atoms with E-state index >= 15 is 0 Å². The number of rotatable bonds is 6. The summed E-state index contributed by atoms with van der Waals surface area (Å²) in [7, 11) is -3.14. The van der Waals surface area contributed by atoms with Gasteiger partial charge in [0.05, 0.1) is 5.75 Å². The van der Waals surface area contributed by atoms with Crippen LogP contribution in [0.1, 0.15) is 26.2 Å². The SMILES string of the molecule is CC(CCl)CS(=O)(=O)NCC1CCCCS1. The van der Waals surface area contributed by atoms with Crippen LogP contribution < -0.4 is 4.72 Å². The minimum atomic E-state index is -3.14. The third kappa shape index (κ3) is 5.75. The van der Waals surface area contributed by atoms with Gasteiger partial charge in [-0.2, -0.15) is 11.8 Å². The first kappa shape index (κ1) is 14.6. The molecule has 0 aromatic heterocycles. The van der Waals surface area contributed by atoms with Gasteiger partial charge in [-0.1, -0.05) is 13.3 Å². The van der Waals surface area contributed by atoms with Crippen molar-refractivity contribution in [3.63, 3.8) is 0 Å². The number of nitrogens with one attached hydrogen (secondary N) is 1. The van der Waals surface area contributed by atoms with Gasteiger partial charge in [0.15, 0.2) is 0 Å². The Bertz CT molecular complexity index is 289. The zero-order valence-corrected chi connectivity index (χ0v) is 12.0. The van der Waals surface area contributed by atoms with Gasteiger partial charge < -0.3 is 0 Å². The topological polar surface area (TPSA) is 46.2 Å². The third-order valence-corrected chi connectivity index (χ3v) is 6.11. The standard InChI is InChI=1S/C10H20ClNO2S2/c1-9(6-11)8-16(13,14)12-7-10-4-2-3-5-15-10/h9-10,12H,2-8H2,1H3. The Kier molecular flexibility index (Phi) is 6.47. The molecule has 0 aromatic rings. The first-order chi connectivity index (χ1) is 7.53. The predicted octanol–water partition coefficient (Wildman–Crippen LogP) is 2.07. The van der Waals surface area contributed by atoms with Crippen LogP contribution in [0.25, 0.3) is 0 Å². The molecule has 1 heterocycles. The minimum absolute atomic E-state index is 0.0122. The maximum absolute atomic E-state index is 11.7. The predicted molar refractivity (Wildman–Crippen MR) is 71.8 cm³/mol. The highest BCUT2D eigenvalue weighted by Crippen LogP contribution is 2.24. The van der Waals surface area contributed by atoms with Crippen molar-refractivity contribution in [1.82, 2.24) is 4.72 Å². The second kappa shape index (κ2) is 7.09. The lowest BCUT2D eigenvalue weighted by Crippen LogP contribution is -2.35. The first-order valence-electron chi connectivity index (χ1n) is 5.68. The summed E-state index contributed by atoms with van der Waals surface area (Å²) >= 11 is 7.49. The van der Waals surface area contributed by atoms with Gasteiger partial charge in [-0.15, -0.1) is 11.6 Å². The van der Waals surface area contributed by atoms with Gasteiger partial charge in [-0.05, 0) is 24.5 Å². The Balaban J connectivity index is 2.29. The highest BCUT2D eigenvalue weighted by atomic mass is 35.5. The molecule has 0 radical (unpaired) electrons. The number of thioether (sulfide) groups is 1. The van der Waals surface area contributed by atoms with E-state index in [0.29, 0.717) is 17.7 Å². The summed E-state index contributed by atoms with van der Waals surface area (Å²) in [6.45, 7) is 2.42. The molecular formula is C10H20ClNO2S2. The maximum Gasteiger partial charge on any atom is 0.211 e. The molecule has 0 bridgehead atoms. The molecule has 0 saturated carbocycles. The Morgan fingerprint density at radius 1 is 1.50 bits per heavy atom. The summed E-state index contributed by atoms with van der Waals surface area (Å²) in [6, 6.07) is 0. The van der Waals surface area contributed by atoms with E-state index in [-0.39, 0.29) is 11.7 Å². The lowest BCUT2D eigenvalue weighted by Gasteiger charge is -2.21. The molecule has 1 aliphatic heterocycles. The van der Waals surface area contributed by atoms with Crippen LogP contribution in [0.3, 0.4) is 0 Å². The van der Waals surface area contributed by atoms with Gasteiger partial charge in [0.1, 0.15) is 0 Å². The normalized spacial score (nSPS) is 24.2. The van der Waals surface area contributed by atoms with Gasteiger partial charge in [0.2, 0.25) is 10.0 Å². The van der Waals surface area contributed by atoms with Crippen molar-refractivity contribution in [3.8, 4) is 0 Å². The van der Waals surface area contributed by atoms with E-state index in [2.05, 4.69) is 4.72 Å². The molecule has 96 valence electrons. The second-order valence-corrected chi connectivity index (χ2v) is 7.95. The highest BCUT2D eigenvalue weighted by Gasteiger charge is 2.19. The lowest BCUT2D eigenvalue weighted by atomic mass is 10.2. The maximum atomic E-state index is 11.7. The quantitative estimate of drug-likeness (QED) is 0.760. The fourth-order valence-corrected chi connectivity index (χ4v) is 4.69. The number of hydrogen-bond donors (Lipinski definition) is 1. The molecule has 1 rings (SSSR count). The fraction of sp³-hybridized carbons (Fsp3) is 1.00. The zero-order valence-electron chi connectivity index (χ0n) is 9.62. The van der Waals surface area contributed by atoms with Gasteiger partial charge >= 0.3 is 0 Å². The molecule has 0 spiro atoms. The van der Waals surface area contributed by atoms with Crippen molar-refractivity contribution in [2.24, 2.45) is 5.92 Å². The van der Waals surface area contributed by atoms with E-state index in [4.69, 9.17) is 11.6 Å². The number of halogens is 1. The van der Waals surface area contributed by atoms with Gasteiger partial charge in [0, 0.05) is 17.7 Å². The highest BCUT2D eigenvalue weighted by molar-refractivity contribution is 8.00. The number of alkyl halides is 1. The van der Waals surface area contributed by atoms with E-state index in [0.717, 1.165) is 12.2 Å². The molecule has 0 amide bonds. The Labute approximate surface area is 108 Å². The summed E-state index contributed by atoms with van der Waals surface area (Å²) in [4.78, 5) is 0. The van der Waals surface area contributed by atoms with E-state index in [1.54, 1.807) is 0 Å². The molecule has 1 aliphatic rings. The third-order valence-electron chi connectivity index (χ3n) is 2.57. The second-order valence-electron chi connectivity index (χ2n) is 4.38. The molecule has 0 aromatic carbocycles. The average molecular weight is 286 g/mol. The van der Waals surface area contributed by atoms with E-state index in [1.807, 2.05) is 18.7 Å². The van der Waals surface area contributed by atoms with Crippen LogP contribution in [0.4, 0.5) is 0 Å². The summed E-state index contributed by atoms with van der Waals surface area (Å²) in [5.41, 5.74) is 0. The zero-order chi connectivity index (χ0) is 12.0. The molecular weight excluding hydrogens is 266 g/mol. The Morgan fingerprint density at radius 2 is 2.25 bits per heavy atom. The van der Waals surface area contributed by atoms with Crippen molar-refractivity contribution in [2.45, 2.75) is 31.4 Å². The summed E-state index contributed by atoms with van der Waals surface area (Å²) in [5.74, 6) is 1.69. The average Bonchev–Trinajstić information content (AvgIpc) is 2.27. The van der Waals surface area contributed by atoms with Crippen molar-refractivity contribution in [3.05, 3.63) is 0 Å². The summed E-state index contributed by atoms with van der Waals surface area (Å²) in [5, 5.41) is 0.454. The summed E-state index contributed by atoms with van der Waals surface area (Å²) in [6.07, 6.45) is 3.60. The van der Waals surface area contributed by atoms with Crippen LogP contribution in [-0.2, 0) is 10.0 Å². The molecule has 2 unspecified atom stereocenters. The summed E-state index contributed by atoms with van der Waals surface area (Å²) < 4.78 is 26.0. The first-order valence-corrected chi connectivity index (χ1v) is 8.92. The van der Waals surface area contributed by atoms with Crippen LogP contribution in [0.15, 0.2) is 0 Å². The van der Waals surface area contributed by atoms with Crippen LogP contribution >= 0.6 is 23.4 Å². The molecule has 3 nitrogen and oxygen atoms in total. The smallest absolute Gasteiger partial charge is 0.211 e. The number of hydrogen-bond acceptors (Lipinski definition) is 3. The van der Waals surface area contributed by atoms with E-state index < -0.39 is 10.0 Å². The Hall–Kier alpha value is 0.550. The van der Waals surface area contributed by atoms with Gasteiger partial charge in [-0.25, -0.2) is 13.1 Å². The lowest BCUT2D eigenvalue weighted by molar-refractivity contribution is 0.562. The van der Waals surface area contributed by atoms with Crippen LogP contribution in [0.5, 0.6) is 0 Å². The van der Waals surface area contributed by atoms with Crippen LogP contribution in [0, 0.1) is 5.92 Å². The molecule has 0 aliphatic carbocycles. The van der Waals surface area contributed by atoms with Crippen LogP contribution in [0.2, 0.25) is 0 Å². The van der Waals surface area contributed by atoms with E-state index in [9.17, 15) is 8.42 Å². The molecule has 16 heavy (non-hydrogen) atoms. The monoisotopic (exact) mass is 285 g/mol. The molecule has 6 heteroatoms. The Morgan fingerprint density at radius 3 is 2.81 bits per heavy atom. The van der Waals surface area contributed by atoms with Crippen LogP contribution in [-0.4, -0.2) is 37.6 Å². The molecule has 1 saturated heterocycles. The fourth-order valence-electron chi connectivity index (χ4n) is 1.67. The van der Waals surface area contributed by atoms with Crippen molar-refractivity contribution < 1.29 is 8.42 Å². The largest absolute Gasteiger partial charge is 0.214 e. The van der Waals surface area contributed by atoms with E-state index in [1.165, 1.54) is 12.8 Å². The van der Waals surface area contributed by atoms with Gasteiger partial charge in [0.25, 0.3) is 0 Å². The molecule has 1 fully saturated rings. The number of sulfonamides is 1. The molecule has 1 N–H and O–H groups in total. The van der Waals surface area contributed by atoms with Crippen molar-refractivity contribution >= 4 is 33.4 Å². The minimum Gasteiger partial charge on any atom is -0.214 e. The molecule has 2 atom stereocenters. The van der Waals surface area contributed by atoms with Gasteiger partial charge in [-0.3, -0.25) is 0 Å². The van der Waals surface area contributed by atoms with Crippen molar-refractivity contribution in [1.29, 1.82) is 0 Å².